The van der Waals surface area contributed by atoms with Gasteiger partial charge >= 0.3 is 0 Å². The molecule has 1 aliphatic rings. The molecule has 4 rings (SSSR count). The number of rotatable bonds is 5. The number of aromatic nitrogens is 1. The van der Waals surface area contributed by atoms with E-state index in [9.17, 15) is 13.2 Å². The molecule has 0 atom stereocenters. The molecule has 3 aromatic rings. The number of carbonyl (C=O) groups excluding carboxylic acids is 1. The normalized spacial score (nSPS) is 14.3. The number of benzene rings is 2. The Kier molecular flexibility index (Phi) is 4.71. The molecule has 0 unspecified atom stereocenters. The number of amides is 1. The summed E-state index contributed by atoms with van der Waals surface area (Å²) in [6.07, 6.45) is 3.37. The van der Waals surface area contributed by atoms with Gasteiger partial charge in [-0.25, -0.2) is 13.1 Å². The first-order valence-electron chi connectivity index (χ1n) is 8.40. The molecule has 1 aliphatic carbocycles. The van der Waals surface area contributed by atoms with Gasteiger partial charge in [-0.3, -0.25) is 9.78 Å². The van der Waals surface area contributed by atoms with Crippen LogP contribution >= 0.6 is 15.9 Å². The third kappa shape index (κ3) is 4.02. The van der Waals surface area contributed by atoms with E-state index in [4.69, 9.17) is 0 Å². The van der Waals surface area contributed by atoms with Crippen molar-refractivity contribution in [2.24, 2.45) is 0 Å². The summed E-state index contributed by atoms with van der Waals surface area (Å²) in [5.74, 6) is -0.318. The molecule has 1 aromatic heterocycles. The second-order valence-electron chi connectivity index (χ2n) is 6.39. The zero-order valence-corrected chi connectivity index (χ0v) is 16.5. The molecule has 1 amide bonds. The van der Waals surface area contributed by atoms with Gasteiger partial charge in [-0.05, 0) is 61.4 Å². The van der Waals surface area contributed by atoms with Crippen LogP contribution in [-0.2, 0) is 10.0 Å². The van der Waals surface area contributed by atoms with E-state index in [2.05, 4.69) is 31.0 Å². The molecule has 0 saturated heterocycles. The van der Waals surface area contributed by atoms with Crippen molar-refractivity contribution in [1.82, 2.24) is 9.71 Å². The van der Waals surface area contributed by atoms with Gasteiger partial charge in [-0.15, -0.1) is 0 Å². The van der Waals surface area contributed by atoms with E-state index >= 15 is 0 Å². The van der Waals surface area contributed by atoms with Crippen molar-refractivity contribution in [3.8, 4) is 0 Å². The van der Waals surface area contributed by atoms with Crippen LogP contribution < -0.4 is 10.0 Å². The summed E-state index contributed by atoms with van der Waals surface area (Å²) < 4.78 is 27.9. The molecular weight excluding hydrogens is 430 g/mol. The van der Waals surface area contributed by atoms with Crippen molar-refractivity contribution in [1.29, 1.82) is 0 Å². The van der Waals surface area contributed by atoms with E-state index in [1.165, 1.54) is 24.3 Å². The highest BCUT2D eigenvalue weighted by atomic mass is 79.9. The summed E-state index contributed by atoms with van der Waals surface area (Å²) in [6.45, 7) is 0. The summed E-state index contributed by atoms with van der Waals surface area (Å²) in [5, 5.41) is 3.68. The van der Waals surface area contributed by atoms with E-state index in [-0.39, 0.29) is 16.8 Å². The summed E-state index contributed by atoms with van der Waals surface area (Å²) in [4.78, 5) is 17.0. The largest absolute Gasteiger partial charge is 0.321 e. The van der Waals surface area contributed by atoms with Crippen molar-refractivity contribution in [2.75, 3.05) is 5.32 Å². The summed E-state index contributed by atoms with van der Waals surface area (Å²) in [5.41, 5.74) is 1.78. The van der Waals surface area contributed by atoms with E-state index in [0.29, 0.717) is 11.3 Å². The first-order valence-corrected chi connectivity index (χ1v) is 10.7. The van der Waals surface area contributed by atoms with Gasteiger partial charge in [0.25, 0.3) is 5.91 Å². The van der Waals surface area contributed by atoms with E-state index in [1.54, 1.807) is 12.3 Å². The van der Waals surface area contributed by atoms with E-state index in [0.717, 1.165) is 28.2 Å². The Balaban J connectivity index is 1.56. The fourth-order valence-corrected chi connectivity index (χ4v) is 4.36. The van der Waals surface area contributed by atoms with Crippen LogP contribution in [0.1, 0.15) is 23.2 Å². The van der Waals surface area contributed by atoms with Crippen molar-refractivity contribution in [2.45, 2.75) is 23.8 Å². The fourth-order valence-electron chi connectivity index (χ4n) is 2.70. The number of nitrogens with zero attached hydrogens (tertiary/aromatic N) is 1. The number of nitrogens with one attached hydrogen (secondary N) is 2. The van der Waals surface area contributed by atoms with Crippen LogP contribution in [0, 0.1) is 0 Å². The number of halogens is 1. The highest BCUT2D eigenvalue weighted by molar-refractivity contribution is 9.10. The Hall–Kier alpha value is -2.29. The Labute approximate surface area is 165 Å². The maximum absolute atomic E-state index is 12.6. The van der Waals surface area contributed by atoms with Crippen molar-refractivity contribution >= 4 is 48.5 Å². The highest BCUT2D eigenvalue weighted by Crippen LogP contribution is 2.26. The van der Waals surface area contributed by atoms with Gasteiger partial charge in [0, 0.05) is 27.7 Å². The number of hydrogen-bond donors (Lipinski definition) is 2. The van der Waals surface area contributed by atoms with Crippen LogP contribution in [0.25, 0.3) is 10.9 Å². The van der Waals surface area contributed by atoms with E-state index in [1.807, 2.05) is 18.2 Å². The van der Waals surface area contributed by atoms with Gasteiger partial charge in [0.2, 0.25) is 10.0 Å². The Morgan fingerprint density at radius 2 is 1.81 bits per heavy atom. The molecule has 0 spiro atoms. The maximum Gasteiger partial charge on any atom is 0.255 e. The number of fused-ring (bicyclic) bond motifs is 1. The first-order chi connectivity index (χ1) is 12.9. The smallest absolute Gasteiger partial charge is 0.255 e. The molecule has 6 nitrogen and oxygen atoms in total. The molecule has 2 aromatic carbocycles. The van der Waals surface area contributed by atoms with Crippen LogP contribution in [0.4, 0.5) is 5.69 Å². The fraction of sp³-hybridized carbons (Fsp3) is 0.158. The van der Waals surface area contributed by atoms with Gasteiger partial charge in [0.05, 0.1) is 16.1 Å². The molecule has 0 bridgehead atoms. The molecule has 8 heteroatoms. The van der Waals surface area contributed by atoms with Gasteiger partial charge < -0.3 is 5.32 Å². The number of pyridine rings is 1. The monoisotopic (exact) mass is 445 g/mol. The lowest BCUT2D eigenvalue weighted by Gasteiger charge is -2.10. The summed E-state index contributed by atoms with van der Waals surface area (Å²) in [6, 6.07) is 13.3. The number of sulfonamides is 1. The van der Waals surface area contributed by atoms with Crippen molar-refractivity contribution < 1.29 is 13.2 Å². The molecule has 1 heterocycles. The minimum Gasteiger partial charge on any atom is -0.321 e. The predicted molar refractivity (Wildman–Crippen MR) is 107 cm³/mol. The SMILES string of the molecule is O=C(Nc1ccnc2ccc(Br)cc12)c1ccc(S(=O)(=O)NC2CC2)cc1. The Morgan fingerprint density at radius 1 is 1.07 bits per heavy atom. The van der Waals surface area contributed by atoms with Gasteiger partial charge in [-0.1, -0.05) is 15.9 Å². The molecule has 27 heavy (non-hydrogen) atoms. The average molecular weight is 446 g/mol. The molecule has 2 N–H and O–H groups in total. The Morgan fingerprint density at radius 3 is 2.52 bits per heavy atom. The lowest BCUT2D eigenvalue weighted by atomic mass is 10.1. The van der Waals surface area contributed by atoms with Crippen molar-refractivity contribution in [3.63, 3.8) is 0 Å². The summed E-state index contributed by atoms with van der Waals surface area (Å²) >= 11 is 3.42. The average Bonchev–Trinajstić information content (AvgIpc) is 3.45. The molecule has 1 saturated carbocycles. The van der Waals surface area contributed by atoms with Crippen molar-refractivity contribution in [3.05, 3.63) is 64.8 Å². The second-order valence-corrected chi connectivity index (χ2v) is 9.02. The lowest BCUT2D eigenvalue weighted by molar-refractivity contribution is 0.102. The van der Waals surface area contributed by atoms with Crippen LogP contribution in [0.3, 0.4) is 0 Å². The quantitative estimate of drug-likeness (QED) is 0.626. The number of anilines is 1. The minimum atomic E-state index is -3.53. The van der Waals surface area contributed by atoms with E-state index < -0.39 is 10.0 Å². The van der Waals surface area contributed by atoms with Crippen LogP contribution in [-0.4, -0.2) is 25.4 Å². The van der Waals surface area contributed by atoms with Crippen LogP contribution in [0.2, 0.25) is 0 Å². The lowest BCUT2D eigenvalue weighted by Crippen LogP contribution is -2.25. The number of carbonyl (C=O) groups is 1. The maximum atomic E-state index is 12.6. The molecule has 0 aliphatic heterocycles. The second kappa shape index (κ2) is 7.03. The Bertz CT molecular complexity index is 1130. The molecule has 1 fully saturated rings. The van der Waals surface area contributed by atoms with Crippen LogP contribution in [0.5, 0.6) is 0 Å². The van der Waals surface area contributed by atoms with Gasteiger partial charge in [-0.2, -0.15) is 0 Å². The zero-order chi connectivity index (χ0) is 19.0. The topological polar surface area (TPSA) is 88.2 Å². The molecule has 138 valence electrons. The van der Waals surface area contributed by atoms with Crippen LogP contribution in [0.15, 0.2) is 64.1 Å². The predicted octanol–water partition coefficient (Wildman–Crippen LogP) is 3.69. The third-order valence-electron chi connectivity index (χ3n) is 4.28. The van der Waals surface area contributed by atoms with Gasteiger partial charge in [0.1, 0.15) is 0 Å². The molecule has 0 radical (unpaired) electrons. The molecular formula is C19H16BrN3O3S. The highest BCUT2D eigenvalue weighted by Gasteiger charge is 2.28. The third-order valence-corrected chi connectivity index (χ3v) is 6.31. The zero-order valence-electron chi connectivity index (χ0n) is 14.1. The minimum absolute atomic E-state index is 0.0391. The standard InChI is InChI=1S/C19H16BrN3O3S/c20-13-3-8-17-16(11-13)18(9-10-21-17)22-19(24)12-1-6-15(7-2-12)27(25,26)23-14-4-5-14/h1-3,6-11,14,23H,4-5H2,(H,21,22,24). The first kappa shape index (κ1) is 18.1. The van der Waals surface area contributed by atoms with Gasteiger partial charge in [0.15, 0.2) is 0 Å². The summed E-state index contributed by atoms with van der Waals surface area (Å²) in [7, 11) is -3.53. The number of hydrogen-bond acceptors (Lipinski definition) is 4.